The van der Waals surface area contributed by atoms with Gasteiger partial charge in [-0.05, 0) is 49.0 Å². The SMILES string of the molecule is C=C1COC2(CCN(C3=NC(=O)C4(Cc5ccccc5C4)O3)CC2)/C1=C/C(C)=C\C. The van der Waals surface area contributed by atoms with Crippen LogP contribution in [0.25, 0.3) is 0 Å². The lowest BCUT2D eigenvalue weighted by Crippen LogP contribution is -2.48. The van der Waals surface area contributed by atoms with Crippen LogP contribution in [0.3, 0.4) is 0 Å². The summed E-state index contributed by atoms with van der Waals surface area (Å²) in [6, 6.07) is 8.66. The molecule has 3 heterocycles. The summed E-state index contributed by atoms with van der Waals surface area (Å²) in [7, 11) is 0. The Morgan fingerprint density at radius 2 is 1.83 bits per heavy atom. The molecule has 1 amide bonds. The van der Waals surface area contributed by atoms with Crippen LogP contribution in [-0.2, 0) is 27.1 Å². The zero-order valence-corrected chi connectivity index (χ0v) is 17.7. The zero-order valence-electron chi connectivity index (χ0n) is 17.7. The minimum Gasteiger partial charge on any atom is -0.447 e. The third kappa shape index (κ3) is 2.95. The fraction of sp³-hybridized carbons (Fsp3) is 0.440. The Hall–Kier alpha value is -2.66. The monoisotopic (exact) mass is 404 g/mol. The van der Waals surface area contributed by atoms with Gasteiger partial charge in [-0.2, -0.15) is 4.99 Å². The highest BCUT2D eigenvalue weighted by Gasteiger charge is 2.53. The Kier molecular flexibility index (Phi) is 4.47. The van der Waals surface area contributed by atoms with Gasteiger partial charge in [0.1, 0.15) is 0 Å². The van der Waals surface area contributed by atoms with Gasteiger partial charge in [0.2, 0.25) is 5.60 Å². The van der Waals surface area contributed by atoms with Crippen LogP contribution in [0, 0.1) is 0 Å². The van der Waals surface area contributed by atoms with Crippen LogP contribution in [0.15, 0.2) is 64.7 Å². The first-order valence-electron chi connectivity index (χ1n) is 10.8. The molecule has 0 bridgehead atoms. The Bertz CT molecular complexity index is 984. The molecule has 0 atom stereocenters. The third-order valence-electron chi connectivity index (χ3n) is 7.01. The van der Waals surface area contributed by atoms with Crippen LogP contribution in [0.4, 0.5) is 0 Å². The standard InChI is InChI=1S/C25H28N2O3/c1-4-17(2)13-21-18(3)16-29-24(21)9-11-27(12-10-24)23-26-22(28)25(30-23)14-19-7-5-6-8-20(19)15-25/h4-8,13H,3,9-12,14-16H2,1-2H3/b17-4-,21-13+. The average molecular weight is 405 g/mol. The molecule has 2 fully saturated rings. The first kappa shape index (κ1) is 19.3. The van der Waals surface area contributed by atoms with E-state index in [4.69, 9.17) is 9.47 Å². The molecule has 2 saturated heterocycles. The number of amides is 1. The van der Waals surface area contributed by atoms with Crippen molar-refractivity contribution in [3.05, 3.63) is 70.8 Å². The molecule has 0 aromatic heterocycles. The van der Waals surface area contributed by atoms with Crippen molar-refractivity contribution in [2.75, 3.05) is 19.7 Å². The van der Waals surface area contributed by atoms with E-state index in [0.717, 1.165) is 31.5 Å². The van der Waals surface area contributed by atoms with Gasteiger partial charge in [-0.1, -0.05) is 48.6 Å². The van der Waals surface area contributed by atoms with Gasteiger partial charge in [0.25, 0.3) is 11.9 Å². The Morgan fingerprint density at radius 3 is 2.47 bits per heavy atom. The lowest BCUT2D eigenvalue weighted by molar-refractivity contribution is -0.130. The summed E-state index contributed by atoms with van der Waals surface area (Å²) in [5.74, 6) is -0.149. The molecule has 0 radical (unpaired) electrons. The summed E-state index contributed by atoms with van der Waals surface area (Å²) < 4.78 is 12.5. The van der Waals surface area contributed by atoms with E-state index >= 15 is 0 Å². The molecule has 0 N–H and O–H groups in total. The predicted molar refractivity (Wildman–Crippen MR) is 116 cm³/mol. The van der Waals surface area contributed by atoms with Crippen LogP contribution in [0.1, 0.15) is 37.8 Å². The van der Waals surface area contributed by atoms with Crippen LogP contribution in [0.2, 0.25) is 0 Å². The third-order valence-corrected chi connectivity index (χ3v) is 7.01. The number of carbonyl (C=O) groups is 1. The Morgan fingerprint density at radius 1 is 1.17 bits per heavy atom. The van der Waals surface area contributed by atoms with Gasteiger partial charge in [-0.15, -0.1) is 0 Å². The molecule has 0 unspecified atom stereocenters. The number of rotatable bonds is 1. The number of carbonyl (C=O) groups excluding carboxylic acids is 1. The van der Waals surface area contributed by atoms with E-state index in [1.807, 2.05) is 19.1 Å². The summed E-state index contributed by atoms with van der Waals surface area (Å²) >= 11 is 0. The van der Waals surface area contributed by atoms with Gasteiger partial charge >= 0.3 is 0 Å². The quantitative estimate of drug-likeness (QED) is 0.715. The number of hydrogen-bond donors (Lipinski definition) is 0. The van der Waals surface area contributed by atoms with Crippen LogP contribution < -0.4 is 0 Å². The topological polar surface area (TPSA) is 51.1 Å². The van der Waals surface area contributed by atoms with Crippen molar-refractivity contribution < 1.29 is 14.3 Å². The Balaban J connectivity index is 1.30. The summed E-state index contributed by atoms with van der Waals surface area (Å²) in [4.78, 5) is 19.3. The average Bonchev–Trinajstić information content (AvgIpc) is 3.38. The molecule has 5 nitrogen and oxygen atoms in total. The fourth-order valence-corrected chi connectivity index (χ4v) is 5.09. The number of allylic oxidation sites excluding steroid dienone is 3. The zero-order chi connectivity index (χ0) is 20.9. The predicted octanol–water partition coefficient (Wildman–Crippen LogP) is 3.75. The van der Waals surface area contributed by atoms with E-state index in [-0.39, 0.29) is 11.5 Å². The van der Waals surface area contributed by atoms with Crippen molar-refractivity contribution in [1.82, 2.24) is 4.90 Å². The van der Waals surface area contributed by atoms with Crippen LogP contribution >= 0.6 is 0 Å². The molecule has 0 saturated carbocycles. The maximum absolute atomic E-state index is 12.8. The maximum atomic E-state index is 12.8. The first-order chi connectivity index (χ1) is 14.4. The van der Waals surface area contributed by atoms with Crippen LogP contribution in [-0.4, -0.2) is 47.7 Å². The lowest BCUT2D eigenvalue weighted by Gasteiger charge is -2.40. The molecule has 156 valence electrons. The molecule has 4 aliphatic rings. The van der Waals surface area contributed by atoms with Gasteiger partial charge in [0, 0.05) is 25.9 Å². The second-order valence-electron chi connectivity index (χ2n) is 8.88. The van der Waals surface area contributed by atoms with E-state index in [9.17, 15) is 4.79 Å². The fourth-order valence-electron chi connectivity index (χ4n) is 5.09. The van der Waals surface area contributed by atoms with Crippen molar-refractivity contribution >= 4 is 11.9 Å². The number of piperidine rings is 1. The summed E-state index contributed by atoms with van der Waals surface area (Å²) in [6.07, 6.45) is 7.18. The Labute approximate surface area is 177 Å². The minimum atomic E-state index is -0.847. The van der Waals surface area contributed by atoms with Crippen LogP contribution in [0.5, 0.6) is 0 Å². The van der Waals surface area contributed by atoms with Gasteiger partial charge in [0.15, 0.2) is 0 Å². The van der Waals surface area contributed by atoms with Gasteiger partial charge in [-0.25, -0.2) is 0 Å². The number of aliphatic imine (C=N–C) groups is 1. The number of benzene rings is 1. The number of hydrogen-bond acceptors (Lipinski definition) is 4. The molecule has 30 heavy (non-hydrogen) atoms. The normalized spacial score (nSPS) is 25.9. The van der Waals surface area contributed by atoms with Crippen molar-refractivity contribution in [1.29, 1.82) is 0 Å². The van der Waals surface area contributed by atoms with Gasteiger partial charge < -0.3 is 14.4 Å². The molecule has 2 spiro atoms. The summed E-state index contributed by atoms with van der Waals surface area (Å²) in [5, 5.41) is 0. The highest BCUT2D eigenvalue weighted by atomic mass is 16.5. The van der Waals surface area contributed by atoms with Crippen molar-refractivity contribution in [2.45, 2.75) is 50.7 Å². The minimum absolute atomic E-state index is 0.149. The highest BCUT2D eigenvalue weighted by molar-refractivity contribution is 6.02. The van der Waals surface area contributed by atoms with Crippen molar-refractivity contribution in [3.8, 4) is 0 Å². The van der Waals surface area contributed by atoms with E-state index < -0.39 is 5.60 Å². The smallest absolute Gasteiger partial charge is 0.296 e. The molecule has 3 aliphatic heterocycles. The number of amidine groups is 1. The van der Waals surface area contributed by atoms with E-state index in [2.05, 4.69) is 47.7 Å². The lowest BCUT2D eigenvalue weighted by atomic mass is 9.82. The number of ether oxygens (including phenoxy) is 2. The molecule has 1 aromatic carbocycles. The molecular weight excluding hydrogens is 376 g/mol. The molecule has 5 rings (SSSR count). The number of likely N-dealkylation sites (tertiary alicyclic amines) is 1. The van der Waals surface area contributed by atoms with Crippen molar-refractivity contribution in [3.63, 3.8) is 0 Å². The largest absolute Gasteiger partial charge is 0.447 e. The summed E-state index contributed by atoms with van der Waals surface area (Å²) in [6.45, 7) is 10.4. The van der Waals surface area contributed by atoms with E-state index in [1.54, 1.807) is 0 Å². The molecule has 5 heteroatoms. The van der Waals surface area contributed by atoms with Gasteiger partial charge in [0.05, 0.1) is 12.2 Å². The summed E-state index contributed by atoms with van der Waals surface area (Å²) in [5.41, 5.74) is 4.74. The van der Waals surface area contributed by atoms with E-state index in [1.165, 1.54) is 22.3 Å². The van der Waals surface area contributed by atoms with Crippen molar-refractivity contribution in [2.24, 2.45) is 4.99 Å². The number of fused-ring (bicyclic) bond motifs is 1. The van der Waals surface area contributed by atoms with Gasteiger partial charge in [-0.3, -0.25) is 4.79 Å². The molecule has 1 aliphatic carbocycles. The second kappa shape index (κ2) is 6.95. The molecule has 1 aromatic rings. The number of nitrogens with zero attached hydrogens (tertiary/aromatic N) is 2. The second-order valence-corrected chi connectivity index (χ2v) is 8.88. The molecular formula is C25H28N2O3. The highest BCUT2D eigenvalue weighted by Crippen LogP contribution is 2.44. The van der Waals surface area contributed by atoms with E-state index in [0.29, 0.717) is 25.5 Å². The maximum Gasteiger partial charge on any atom is 0.296 e. The first-order valence-corrected chi connectivity index (χ1v) is 10.8.